The molecule has 1 aliphatic carbocycles. The van der Waals surface area contributed by atoms with E-state index in [2.05, 4.69) is 46.6 Å². The molecule has 4 nitrogen and oxygen atoms in total. The van der Waals surface area contributed by atoms with Gasteiger partial charge in [0, 0.05) is 5.92 Å². The molecule has 1 aliphatic rings. The summed E-state index contributed by atoms with van der Waals surface area (Å²) in [5, 5.41) is 7.37. The van der Waals surface area contributed by atoms with Crippen LogP contribution in [0.2, 0.25) is 0 Å². The second-order valence-electron chi connectivity index (χ2n) is 4.97. The smallest absolute Gasteiger partial charge is 0.240 e. The summed E-state index contributed by atoms with van der Waals surface area (Å²) in [6, 6.07) is 8.60. The number of aryl methyl sites for hydroxylation is 1. The summed E-state index contributed by atoms with van der Waals surface area (Å²) < 4.78 is 5.31. The van der Waals surface area contributed by atoms with Crippen LogP contribution in [0, 0.1) is 0 Å². The predicted octanol–water partition coefficient (Wildman–Crippen LogP) is 2.65. The SMILES string of the molecule is CCNCc1nc(C2CCCc3ccccc32)no1. The Labute approximate surface area is 113 Å². The number of hydrogen-bond donors (Lipinski definition) is 1. The Balaban J connectivity index is 1.85. The maximum atomic E-state index is 5.31. The molecule has 1 atom stereocenters. The van der Waals surface area contributed by atoms with E-state index in [1.54, 1.807) is 0 Å². The van der Waals surface area contributed by atoms with Gasteiger partial charge in [0.15, 0.2) is 5.82 Å². The van der Waals surface area contributed by atoms with Crippen molar-refractivity contribution in [1.29, 1.82) is 0 Å². The van der Waals surface area contributed by atoms with Crippen molar-refractivity contribution in [3.8, 4) is 0 Å². The summed E-state index contributed by atoms with van der Waals surface area (Å²) in [4.78, 5) is 4.53. The molecule has 1 unspecified atom stereocenters. The van der Waals surface area contributed by atoms with Crippen molar-refractivity contribution in [2.45, 2.75) is 38.6 Å². The second kappa shape index (κ2) is 5.53. The van der Waals surface area contributed by atoms with Gasteiger partial charge in [-0.1, -0.05) is 36.3 Å². The van der Waals surface area contributed by atoms with Crippen molar-refractivity contribution in [2.75, 3.05) is 6.54 Å². The molecule has 3 rings (SSSR count). The maximum absolute atomic E-state index is 5.31. The number of fused-ring (bicyclic) bond motifs is 1. The Morgan fingerprint density at radius 1 is 1.37 bits per heavy atom. The van der Waals surface area contributed by atoms with Crippen molar-refractivity contribution in [2.24, 2.45) is 0 Å². The van der Waals surface area contributed by atoms with Gasteiger partial charge in [0.1, 0.15) is 0 Å². The summed E-state index contributed by atoms with van der Waals surface area (Å²) >= 11 is 0. The van der Waals surface area contributed by atoms with Crippen molar-refractivity contribution in [3.05, 3.63) is 47.1 Å². The van der Waals surface area contributed by atoms with E-state index in [9.17, 15) is 0 Å². The number of benzene rings is 1. The molecule has 0 saturated heterocycles. The highest BCUT2D eigenvalue weighted by atomic mass is 16.5. The number of nitrogens with one attached hydrogen (secondary N) is 1. The standard InChI is InChI=1S/C15H19N3O/c1-2-16-10-14-17-15(18-19-14)13-9-5-7-11-6-3-4-8-12(11)13/h3-4,6,8,13,16H,2,5,7,9-10H2,1H3. The van der Waals surface area contributed by atoms with E-state index < -0.39 is 0 Å². The van der Waals surface area contributed by atoms with Crippen molar-refractivity contribution >= 4 is 0 Å². The minimum absolute atomic E-state index is 0.295. The Bertz CT molecular complexity index is 550. The quantitative estimate of drug-likeness (QED) is 0.914. The average molecular weight is 257 g/mol. The lowest BCUT2D eigenvalue weighted by Gasteiger charge is -2.22. The molecule has 0 aliphatic heterocycles. The van der Waals surface area contributed by atoms with Crippen LogP contribution >= 0.6 is 0 Å². The number of hydrogen-bond acceptors (Lipinski definition) is 4. The second-order valence-corrected chi connectivity index (χ2v) is 4.97. The molecule has 1 aromatic heterocycles. The largest absolute Gasteiger partial charge is 0.338 e. The zero-order valence-electron chi connectivity index (χ0n) is 11.2. The first-order chi connectivity index (χ1) is 9.38. The van der Waals surface area contributed by atoms with E-state index in [4.69, 9.17) is 4.52 Å². The lowest BCUT2D eigenvalue weighted by atomic mass is 9.82. The minimum atomic E-state index is 0.295. The molecule has 0 fully saturated rings. The Kier molecular flexibility index (Phi) is 3.60. The topological polar surface area (TPSA) is 51.0 Å². The van der Waals surface area contributed by atoms with Crippen LogP contribution in [0.1, 0.15) is 48.5 Å². The maximum Gasteiger partial charge on any atom is 0.240 e. The molecule has 2 aromatic rings. The van der Waals surface area contributed by atoms with E-state index in [1.165, 1.54) is 17.5 Å². The fraction of sp³-hybridized carbons (Fsp3) is 0.467. The molecule has 0 radical (unpaired) electrons. The normalized spacial score (nSPS) is 18.3. The molecule has 4 heteroatoms. The molecule has 0 amide bonds. The minimum Gasteiger partial charge on any atom is -0.338 e. The lowest BCUT2D eigenvalue weighted by molar-refractivity contribution is 0.361. The number of rotatable bonds is 4. The predicted molar refractivity (Wildman–Crippen MR) is 72.9 cm³/mol. The van der Waals surface area contributed by atoms with Gasteiger partial charge >= 0.3 is 0 Å². The molecule has 0 saturated carbocycles. The van der Waals surface area contributed by atoms with Crippen LogP contribution in [0.4, 0.5) is 0 Å². The molecule has 0 bridgehead atoms. The van der Waals surface area contributed by atoms with E-state index in [0.29, 0.717) is 18.4 Å². The van der Waals surface area contributed by atoms with Crippen LogP contribution in [0.15, 0.2) is 28.8 Å². The highest BCUT2D eigenvalue weighted by Gasteiger charge is 2.25. The summed E-state index contributed by atoms with van der Waals surface area (Å²) in [7, 11) is 0. The fourth-order valence-electron chi connectivity index (χ4n) is 2.74. The molecule has 100 valence electrons. The van der Waals surface area contributed by atoms with E-state index in [0.717, 1.165) is 25.2 Å². The van der Waals surface area contributed by atoms with Gasteiger partial charge in [-0.05, 0) is 36.9 Å². The van der Waals surface area contributed by atoms with Gasteiger partial charge in [0.05, 0.1) is 6.54 Å². The van der Waals surface area contributed by atoms with Gasteiger partial charge in [-0.3, -0.25) is 0 Å². The first-order valence-electron chi connectivity index (χ1n) is 6.99. The van der Waals surface area contributed by atoms with Crippen LogP contribution in [0.3, 0.4) is 0 Å². The molecular formula is C15H19N3O. The molecule has 1 aromatic carbocycles. The number of aromatic nitrogens is 2. The van der Waals surface area contributed by atoms with Crippen molar-refractivity contribution in [3.63, 3.8) is 0 Å². The van der Waals surface area contributed by atoms with Crippen molar-refractivity contribution in [1.82, 2.24) is 15.5 Å². The van der Waals surface area contributed by atoms with Crippen LogP contribution in [0.5, 0.6) is 0 Å². The zero-order chi connectivity index (χ0) is 13.1. The fourth-order valence-corrected chi connectivity index (χ4v) is 2.74. The summed E-state index contributed by atoms with van der Waals surface area (Å²) in [5.41, 5.74) is 2.79. The molecule has 19 heavy (non-hydrogen) atoms. The molecule has 1 heterocycles. The lowest BCUT2D eigenvalue weighted by Crippen LogP contribution is -2.13. The highest BCUT2D eigenvalue weighted by Crippen LogP contribution is 2.34. The van der Waals surface area contributed by atoms with E-state index in [-0.39, 0.29) is 0 Å². The Morgan fingerprint density at radius 3 is 3.16 bits per heavy atom. The van der Waals surface area contributed by atoms with Gasteiger partial charge in [-0.2, -0.15) is 4.98 Å². The average Bonchev–Trinajstić information content (AvgIpc) is 2.93. The van der Waals surface area contributed by atoms with Crippen LogP contribution in [-0.2, 0) is 13.0 Å². The molecule has 0 spiro atoms. The zero-order valence-corrected chi connectivity index (χ0v) is 11.2. The van der Waals surface area contributed by atoms with Gasteiger partial charge in [-0.25, -0.2) is 0 Å². The van der Waals surface area contributed by atoms with Gasteiger partial charge in [0.25, 0.3) is 0 Å². The number of nitrogens with zero attached hydrogens (tertiary/aromatic N) is 2. The summed E-state index contributed by atoms with van der Waals surface area (Å²) in [5.74, 6) is 1.81. The summed E-state index contributed by atoms with van der Waals surface area (Å²) in [6.45, 7) is 3.62. The third-order valence-corrected chi connectivity index (χ3v) is 3.69. The summed E-state index contributed by atoms with van der Waals surface area (Å²) in [6.07, 6.45) is 3.46. The Hall–Kier alpha value is -1.68. The molecular weight excluding hydrogens is 238 g/mol. The van der Waals surface area contributed by atoms with Gasteiger partial charge in [0.2, 0.25) is 5.89 Å². The van der Waals surface area contributed by atoms with Crippen LogP contribution < -0.4 is 5.32 Å². The Morgan fingerprint density at radius 2 is 2.26 bits per heavy atom. The van der Waals surface area contributed by atoms with Crippen LogP contribution in [-0.4, -0.2) is 16.7 Å². The van der Waals surface area contributed by atoms with Crippen LogP contribution in [0.25, 0.3) is 0 Å². The molecule has 1 N–H and O–H groups in total. The van der Waals surface area contributed by atoms with E-state index >= 15 is 0 Å². The van der Waals surface area contributed by atoms with Gasteiger partial charge < -0.3 is 9.84 Å². The monoisotopic (exact) mass is 257 g/mol. The first kappa shape index (κ1) is 12.4. The van der Waals surface area contributed by atoms with E-state index in [1.807, 2.05) is 0 Å². The highest BCUT2D eigenvalue weighted by molar-refractivity contribution is 5.36. The first-order valence-corrected chi connectivity index (χ1v) is 6.99. The van der Waals surface area contributed by atoms with Gasteiger partial charge in [-0.15, -0.1) is 0 Å². The third kappa shape index (κ3) is 2.54. The van der Waals surface area contributed by atoms with Crippen molar-refractivity contribution < 1.29 is 4.52 Å². The third-order valence-electron chi connectivity index (χ3n) is 3.69.